The van der Waals surface area contributed by atoms with Gasteiger partial charge in [0.1, 0.15) is 0 Å². The molecule has 7 heteroatoms. The lowest BCUT2D eigenvalue weighted by Gasteiger charge is -2.21. The number of nitrogens with zero attached hydrogens (tertiary/aromatic N) is 5. The number of aromatic nitrogens is 2. The predicted molar refractivity (Wildman–Crippen MR) is 215 cm³/mol. The van der Waals surface area contributed by atoms with Crippen molar-refractivity contribution in [3.63, 3.8) is 0 Å². The van der Waals surface area contributed by atoms with Crippen LogP contribution in [0.2, 0.25) is 0 Å². The van der Waals surface area contributed by atoms with E-state index in [0.29, 0.717) is 18.2 Å². The van der Waals surface area contributed by atoms with Crippen LogP contribution in [0.15, 0.2) is 196 Å². The van der Waals surface area contributed by atoms with Crippen LogP contribution >= 0.6 is 0 Å². The molecule has 3 heterocycles. The molecule has 1 aliphatic heterocycles. The van der Waals surface area contributed by atoms with E-state index in [1.165, 1.54) is 0 Å². The van der Waals surface area contributed by atoms with Crippen LogP contribution in [0.5, 0.6) is 0 Å². The van der Waals surface area contributed by atoms with Crippen LogP contribution in [-0.2, 0) is 0 Å². The number of fused-ring (bicyclic) bond motifs is 2. The Labute approximate surface area is 302 Å². The van der Waals surface area contributed by atoms with Crippen LogP contribution in [0, 0.1) is 0 Å². The highest BCUT2D eigenvalue weighted by molar-refractivity contribution is 6.13. The molecule has 6 aromatic rings. The van der Waals surface area contributed by atoms with Gasteiger partial charge in [0, 0.05) is 57.3 Å². The molecule has 52 heavy (non-hydrogen) atoms. The van der Waals surface area contributed by atoms with Crippen molar-refractivity contribution in [2.45, 2.75) is 6.04 Å². The summed E-state index contributed by atoms with van der Waals surface area (Å²) < 4.78 is 0. The van der Waals surface area contributed by atoms with Crippen molar-refractivity contribution in [1.29, 1.82) is 0 Å². The van der Waals surface area contributed by atoms with Gasteiger partial charge in [-0.25, -0.2) is 9.98 Å². The molecule has 0 saturated heterocycles. The van der Waals surface area contributed by atoms with Gasteiger partial charge in [-0.05, 0) is 47.2 Å². The smallest absolute Gasteiger partial charge is 0.161 e. The molecule has 4 aromatic carbocycles. The molecule has 1 aliphatic carbocycles. The van der Waals surface area contributed by atoms with Crippen molar-refractivity contribution >= 4 is 40.2 Å². The zero-order valence-corrected chi connectivity index (χ0v) is 28.4. The Morgan fingerprint density at radius 3 is 1.88 bits per heavy atom. The first-order chi connectivity index (χ1) is 25.7. The lowest BCUT2D eigenvalue weighted by molar-refractivity contribution is 0.898. The van der Waals surface area contributed by atoms with E-state index in [9.17, 15) is 0 Å². The number of nitrogens with one attached hydrogen (secondary N) is 1. The largest absolute Gasteiger partial charge is 0.361 e. The van der Waals surface area contributed by atoms with Crippen molar-refractivity contribution in [1.82, 2.24) is 15.3 Å². The summed E-state index contributed by atoms with van der Waals surface area (Å²) in [6.45, 7) is 4.27. The molecule has 3 N–H and O–H groups in total. The third-order valence-electron chi connectivity index (χ3n) is 9.23. The van der Waals surface area contributed by atoms with Gasteiger partial charge in [0.2, 0.25) is 0 Å². The summed E-state index contributed by atoms with van der Waals surface area (Å²) in [5, 5.41) is 5.59. The minimum Gasteiger partial charge on any atom is -0.361 e. The van der Waals surface area contributed by atoms with Gasteiger partial charge in [0.05, 0.1) is 23.6 Å². The topological polar surface area (TPSA) is 101 Å². The Balaban J connectivity index is 1.17. The summed E-state index contributed by atoms with van der Waals surface area (Å²) in [4.78, 5) is 23.9. The zero-order valence-electron chi connectivity index (χ0n) is 28.4. The first-order valence-corrected chi connectivity index (χ1v) is 17.1. The second-order valence-electron chi connectivity index (χ2n) is 12.4. The van der Waals surface area contributed by atoms with Crippen molar-refractivity contribution in [3.05, 3.63) is 192 Å². The highest BCUT2D eigenvalue weighted by Crippen LogP contribution is 2.29. The number of rotatable bonds is 6. The fourth-order valence-electron chi connectivity index (χ4n) is 6.59. The van der Waals surface area contributed by atoms with Gasteiger partial charge < -0.3 is 11.1 Å². The normalized spacial score (nSPS) is 17.3. The number of aliphatic imine (C=N–C) groups is 3. The third-order valence-corrected chi connectivity index (χ3v) is 9.23. The zero-order chi connectivity index (χ0) is 35.3. The molecule has 8 rings (SSSR count). The number of allylic oxidation sites excluding steroid dienone is 4. The first-order valence-electron chi connectivity index (χ1n) is 17.1. The van der Waals surface area contributed by atoms with E-state index in [2.05, 4.69) is 106 Å². The quantitative estimate of drug-likeness (QED) is 0.136. The van der Waals surface area contributed by atoms with Crippen LogP contribution in [0.4, 0.5) is 0 Å². The van der Waals surface area contributed by atoms with Crippen molar-refractivity contribution in [2.24, 2.45) is 20.7 Å². The Hall–Kier alpha value is -6.83. The monoisotopic (exact) mass is 673 g/mol. The number of amidine groups is 2. The van der Waals surface area contributed by atoms with Crippen molar-refractivity contribution in [2.75, 3.05) is 6.54 Å². The van der Waals surface area contributed by atoms with Gasteiger partial charge in [-0.15, -0.1) is 0 Å². The summed E-state index contributed by atoms with van der Waals surface area (Å²) in [5.74, 6) is 1.01. The third kappa shape index (κ3) is 6.56. The second kappa shape index (κ2) is 14.6. The minimum atomic E-state index is -0.218. The second-order valence-corrected chi connectivity index (χ2v) is 12.4. The molecule has 0 fully saturated rings. The molecule has 2 aliphatic rings. The Kier molecular flexibility index (Phi) is 9.07. The SMILES string of the molecule is C=NC(=NC(=NCC1=CC=CN/C1=C1/C=CC=CC1N)c1ccc(-c2cccc3cccnc23)cc1)c1ccc(-c2cccc3cccnc23)cc1. The maximum Gasteiger partial charge on any atom is 0.161 e. The molecular formula is C45H35N7. The van der Waals surface area contributed by atoms with Gasteiger partial charge >= 0.3 is 0 Å². The van der Waals surface area contributed by atoms with Gasteiger partial charge in [-0.3, -0.25) is 15.0 Å². The van der Waals surface area contributed by atoms with Gasteiger partial charge in [0.15, 0.2) is 11.7 Å². The molecular weight excluding hydrogens is 639 g/mol. The lowest BCUT2D eigenvalue weighted by Crippen LogP contribution is -2.26. The van der Waals surface area contributed by atoms with E-state index in [0.717, 1.165) is 72.0 Å². The maximum atomic E-state index is 6.47. The number of pyridine rings is 2. The molecule has 0 saturated carbocycles. The minimum absolute atomic E-state index is 0.218. The molecule has 0 amide bonds. The van der Waals surface area contributed by atoms with Crippen LogP contribution in [0.1, 0.15) is 11.1 Å². The number of hydrogen-bond donors (Lipinski definition) is 2. The number of benzene rings is 4. The Bertz CT molecular complexity index is 2520. The van der Waals surface area contributed by atoms with E-state index in [4.69, 9.17) is 15.7 Å². The molecule has 0 bridgehead atoms. The summed E-state index contributed by atoms with van der Waals surface area (Å²) in [6, 6.07) is 36.8. The number of nitrogens with two attached hydrogens (primary N) is 1. The molecule has 1 atom stereocenters. The standard InChI is InChI=1S/C45H35N7/c1-47-44(34-22-18-30(19-23-34)37-15-4-9-32-11-6-26-48-41(32)37)52-45(51-29-36-13-8-28-50-43(36)39-14-2-3-17-40(39)46)35-24-20-31(21-25-35)38-16-5-10-33-12-7-27-49-42(33)38/h2-28,40,50H,1,29,46H2/b43-39-,51-45?,52-44?. The first kappa shape index (κ1) is 32.4. The Morgan fingerprint density at radius 2 is 1.29 bits per heavy atom. The fourth-order valence-corrected chi connectivity index (χ4v) is 6.59. The van der Waals surface area contributed by atoms with E-state index < -0.39 is 0 Å². The summed E-state index contributed by atoms with van der Waals surface area (Å²) in [7, 11) is 0. The summed E-state index contributed by atoms with van der Waals surface area (Å²) in [5.41, 5.74) is 17.2. The molecule has 1 unspecified atom stereocenters. The van der Waals surface area contributed by atoms with Crippen LogP contribution < -0.4 is 11.1 Å². The molecule has 0 spiro atoms. The van der Waals surface area contributed by atoms with Crippen molar-refractivity contribution in [3.8, 4) is 22.3 Å². The Morgan fingerprint density at radius 1 is 0.692 bits per heavy atom. The summed E-state index contributed by atoms with van der Waals surface area (Å²) in [6.07, 6.45) is 17.6. The molecule has 2 aromatic heterocycles. The van der Waals surface area contributed by atoms with Crippen molar-refractivity contribution < 1.29 is 0 Å². The lowest BCUT2D eigenvalue weighted by atomic mass is 9.95. The number of para-hydroxylation sites is 2. The highest BCUT2D eigenvalue weighted by Gasteiger charge is 2.17. The fraction of sp³-hybridized carbons (Fsp3) is 0.0444. The van der Waals surface area contributed by atoms with Crippen LogP contribution in [-0.4, -0.2) is 40.9 Å². The van der Waals surface area contributed by atoms with Gasteiger partial charge in [0.25, 0.3) is 0 Å². The van der Waals surface area contributed by atoms with E-state index in [1.807, 2.05) is 85.4 Å². The average molecular weight is 674 g/mol. The van der Waals surface area contributed by atoms with E-state index in [1.54, 1.807) is 0 Å². The molecule has 250 valence electrons. The van der Waals surface area contributed by atoms with Gasteiger partial charge in [-0.2, -0.15) is 0 Å². The predicted octanol–water partition coefficient (Wildman–Crippen LogP) is 8.76. The van der Waals surface area contributed by atoms with Crippen LogP contribution in [0.3, 0.4) is 0 Å². The molecule has 7 nitrogen and oxygen atoms in total. The molecule has 0 radical (unpaired) electrons. The highest BCUT2D eigenvalue weighted by atomic mass is 15.0. The van der Waals surface area contributed by atoms with Crippen LogP contribution in [0.25, 0.3) is 44.1 Å². The average Bonchev–Trinajstić information content (AvgIpc) is 3.21. The van der Waals surface area contributed by atoms with E-state index in [-0.39, 0.29) is 6.04 Å². The number of dihydropyridines is 1. The maximum absolute atomic E-state index is 6.47. The van der Waals surface area contributed by atoms with E-state index >= 15 is 0 Å². The van der Waals surface area contributed by atoms with Gasteiger partial charge in [-0.1, -0.05) is 127 Å². The summed E-state index contributed by atoms with van der Waals surface area (Å²) >= 11 is 0. The number of hydrogen-bond acceptors (Lipinski definition) is 5.